The first-order chi connectivity index (χ1) is 12.8. The maximum atomic E-state index is 12.4. The predicted octanol–water partition coefficient (Wildman–Crippen LogP) is 3.65. The quantitative estimate of drug-likeness (QED) is 0.580. The molecule has 0 saturated carbocycles. The third-order valence-electron chi connectivity index (χ3n) is 4.25. The molecular formula is C21H19N3O2. The zero-order valence-electron chi connectivity index (χ0n) is 14.3. The fourth-order valence-electron chi connectivity index (χ4n) is 2.96. The third kappa shape index (κ3) is 3.67. The van der Waals surface area contributed by atoms with E-state index in [4.69, 9.17) is 4.42 Å². The highest BCUT2D eigenvalue weighted by atomic mass is 16.3. The SMILES string of the molecule is O=C(NCCc1cc2ccccc2o1)c1cccc(Cn2ccnc2)c1. The van der Waals surface area contributed by atoms with Crippen molar-refractivity contribution in [1.29, 1.82) is 0 Å². The largest absolute Gasteiger partial charge is 0.461 e. The normalized spacial score (nSPS) is 10.9. The number of hydrogen-bond acceptors (Lipinski definition) is 3. The molecule has 2 aromatic heterocycles. The van der Waals surface area contributed by atoms with E-state index in [0.717, 1.165) is 22.3 Å². The van der Waals surface area contributed by atoms with Gasteiger partial charge in [0, 0.05) is 42.9 Å². The number of amides is 1. The van der Waals surface area contributed by atoms with E-state index in [1.807, 2.05) is 65.4 Å². The molecule has 0 aliphatic heterocycles. The summed E-state index contributed by atoms with van der Waals surface area (Å²) in [5.74, 6) is 0.800. The van der Waals surface area contributed by atoms with Crippen LogP contribution in [-0.2, 0) is 13.0 Å². The second-order valence-corrected chi connectivity index (χ2v) is 6.19. The Morgan fingerprint density at radius 2 is 2.04 bits per heavy atom. The van der Waals surface area contributed by atoms with Gasteiger partial charge in [-0.25, -0.2) is 4.98 Å². The molecule has 2 heterocycles. The van der Waals surface area contributed by atoms with E-state index in [1.54, 1.807) is 12.5 Å². The first-order valence-electron chi connectivity index (χ1n) is 8.58. The molecule has 0 saturated heterocycles. The second kappa shape index (κ2) is 7.27. The van der Waals surface area contributed by atoms with E-state index in [2.05, 4.69) is 10.3 Å². The Morgan fingerprint density at radius 3 is 2.88 bits per heavy atom. The average Bonchev–Trinajstić information content (AvgIpc) is 3.31. The Hall–Kier alpha value is -3.34. The molecule has 1 amide bonds. The van der Waals surface area contributed by atoms with Crippen LogP contribution >= 0.6 is 0 Å². The molecule has 0 radical (unpaired) electrons. The van der Waals surface area contributed by atoms with Gasteiger partial charge >= 0.3 is 0 Å². The number of hydrogen-bond donors (Lipinski definition) is 1. The topological polar surface area (TPSA) is 60.1 Å². The number of aromatic nitrogens is 2. The number of fused-ring (bicyclic) bond motifs is 1. The molecule has 0 fully saturated rings. The second-order valence-electron chi connectivity index (χ2n) is 6.19. The summed E-state index contributed by atoms with van der Waals surface area (Å²) in [5, 5.41) is 4.04. The Morgan fingerprint density at radius 1 is 1.12 bits per heavy atom. The summed E-state index contributed by atoms with van der Waals surface area (Å²) in [6.07, 6.45) is 6.07. The summed E-state index contributed by atoms with van der Waals surface area (Å²) in [4.78, 5) is 16.4. The van der Waals surface area contributed by atoms with Crippen LogP contribution in [0.3, 0.4) is 0 Å². The molecular weight excluding hydrogens is 326 g/mol. The molecule has 26 heavy (non-hydrogen) atoms. The van der Waals surface area contributed by atoms with E-state index in [-0.39, 0.29) is 5.91 Å². The van der Waals surface area contributed by atoms with Gasteiger partial charge in [-0.1, -0.05) is 30.3 Å². The minimum absolute atomic E-state index is 0.0754. The molecule has 0 unspecified atom stereocenters. The van der Waals surface area contributed by atoms with Crippen LogP contribution in [0.25, 0.3) is 11.0 Å². The molecule has 0 aliphatic rings. The summed E-state index contributed by atoms with van der Waals surface area (Å²) in [6.45, 7) is 1.23. The van der Waals surface area contributed by atoms with Gasteiger partial charge in [0.05, 0.1) is 6.33 Å². The fraction of sp³-hybridized carbons (Fsp3) is 0.143. The maximum Gasteiger partial charge on any atom is 0.251 e. The van der Waals surface area contributed by atoms with Gasteiger partial charge in [-0.2, -0.15) is 0 Å². The van der Waals surface area contributed by atoms with Crippen LogP contribution in [0.1, 0.15) is 21.7 Å². The number of imidazole rings is 1. The third-order valence-corrected chi connectivity index (χ3v) is 4.25. The van der Waals surface area contributed by atoms with Gasteiger partial charge in [0.15, 0.2) is 0 Å². The molecule has 1 N–H and O–H groups in total. The number of carbonyl (C=O) groups is 1. The molecule has 2 aromatic carbocycles. The number of nitrogens with one attached hydrogen (secondary N) is 1. The zero-order chi connectivity index (χ0) is 17.8. The molecule has 0 atom stereocenters. The summed E-state index contributed by atoms with van der Waals surface area (Å²) in [7, 11) is 0. The van der Waals surface area contributed by atoms with Crippen LogP contribution in [0.15, 0.2) is 77.7 Å². The van der Waals surface area contributed by atoms with Crippen molar-refractivity contribution in [3.05, 3.63) is 90.2 Å². The molecule has 5 nitrogen and oxygen atoms in total. The number of nitrogens with zero attached hydrogens (tertiary/aromatic N) is 2. The van der Waals surface area contributed by atoms with Gasteiger partial charge in [-0.15, -0.1) is 0 Å². The molecule has 4 aromatic rings. The zero-order valence-corrected chi connectivity index (χ0v) is 14.3. The van der Waals surface area contributed by atoms with E-state index in [0.29, 0.717) is 25.1 Å². The van der Waals surface area contributed by atoms with Crippen molar-refractivity contribution in [3.8, 4) is 0 Å². The summed E-state index contributed by atoms with van der Waals surface area (Å²) in [5.41, 5.74) is 2.60. The van der Waals surface area contributed by atoms with Crippen molar-refractivity contribution < 1.29 is 9.21 Å². The predicted molar refractivity (Wildman–Crippen MR) is 100 cm³/mol. The van der Waals surface area contributed by atoms with Gasteiger partial charge in [-0.3, -0.25) is 4.79 Å². The summed E-state index contributed by atoms with van der Waals surface area (Å²) in [6, 6.07) is 17.6. The minimum atomic E-state index is -0.0754. The van der Waals surface area contributed by atoms with Crippen molar-refractivity contribution in [2.24, 2.45) is 0 Å². The lowest BCUT2D eigenvalue weighted by Gasteiger charge is -2.07. The van der Waals surface area contributed by atoms with Crippen molar-refractivity contribution in [1.82, 2.24) is 14.9 Å². The van der Waals surface area contributed by atoms with Crippen molar-refractivity contribution in [2.45, 2.75) is 13.0 Å². The van der Waals surface area contributed by atoms with E-state index < -0.39 is 0 Å². The fourth-order valence-corrected chi connectivity index (χ4v) is 2.96. The van der Waals surface area contributed by atoms with Crippen molar-refractivity contribution in [2.75, 3.05) is 6.54 Å². The first-order valence-corrected chi connectivity index (χ1v) is 8.58. The van der Waals surface area contributed by atoms with E-state index in [1.165, 1.54) is 0 Å². The molecule has 0 spiro atoms. The van der Waals surface area contributed by atoms with E-state index >= 15 is 0 Å². The van der Waals surface area contributed by atoms with Crippen molar-refractivity contribution >= 4 is 16.9 Å². The van der Waals surface area contributed by atoms with Crippen molar-refractivity contribution in [3.63, 3.8) is 0 Å². The standard InChI is InChI=1S/C21H19N3O2/c25-21(18-6-3-4-16(12-18)14-24-11-10-22-15-24)23-9-8-19-13-17-5-1-2-7-20(17)26-19/h1-7,10-13,15H,8-9,14H2,(H,23,25). The number of carbonyl (C=O) groups excluding carboxylic acids is 1. The van der Waals surface area contributed by atoms with Crippen LogP contribution < -0.4 is 5.32 Å². The average molecular weight is 345 g/mol. The van der Waals surface area contributed by atoms with Gasteiger partial charge in [-0.05, 0) is 29.8 Å². The first kappa shape index (κ1) is 16.1. The maximum absolute atomic E-state index is 12.4. The lowest BCUT2D eigenvalue weighted by atomic mass is 10.1. The molecule has 5 heteroatoms. The minimum Gasteiger partial charge on any atom is -0.461 e. The smallest absolute Gasteiger partial charge is 0.251 e. The monoisotopic (exact) mass is 345 g/mol. The number of para-hydroxylation sites is 1. The molecule has 0 bridgehead atoms. The molecule has 0 aliphatic carbocycles. The van der Waals surface area contributed by atoms with E-state index in [9.17, 15) is 4.79 Å². The number of benzene rings is 2. The lowest BCUT2D eigenvalue weighted by Crippen LogP contribution is -2.25. The van der Waals surface area contributed by atoms with Gasteiger partial charge < -0.3 is 14.3 Å². The number of rotatable bonds is 6. The lowest BCUT2D eigenvalue weighted by molar-refractivity contribution is 0.0953. The highest BCUT2D eigenvalue weighted by Gasteiger charge is 2.08. The van der Waals surface area contributed by atoms with Crippen LogP contribution in [0.4, 0.5) is 0 Å². The van der Waals surface area contributed by atoms with Gasteiger partial charge in [0.2, 0.25) is 0 Å². The Kier molecular flexibility index (Phi) is 4.51. The molecule has 4 rings (SSSR count). The van der Waals surface area contributed by atoms with Gasteiger partial charge in [0.25, 0.3) is 5.91 Å². The Balaban J connectivity index is 1.35. The Bertz CT molecular complexity index is 986. The summed E-state index contributed by atoms with van der Waals surface area (Å²) < 4.78 is 7.74. The summed E-state index contributed by atoms with van der Waals surface area (Å²) >= 11 is 0. The van der Waals surface area contributed by atoms with Crippen LogP contribution in [0.5, 0.6) is 0 Å². The van der Waals surface area contributed by atoms with Crippen LogP contribution in [0.2, 0.25) is 0 Å². The highest BCUT2D eigenvalue weighted by Crippen LogP contribution is 2.18. The number of furan rings is 1. The Labute approximate surface area is 151 Å². The van der Waals surface area contributed by atoms with Gasteiger partial charge in [0.1, 0.15) is 11.3 Å². The molecule has 130 valence electrons. The van der Waals surface area contributed by atoms with Crippen LogP contribution in [-0.4, -0.2) is 22.0 Å². The highest BCUT2D eigenvalue weighted by molar-refractivity contribution is 5.94. The van der Waals surface area contributed by atoms with Crippen LogP contribution in [0, 0.1) is 0 Å².